The molecule has 0 radical (unpaired) electrons. The van der Waals surface area contributed by atoms with E-state index in [2.05, 4.69) is 36.8 Å². The summed E-state index contributed by atoms with van der Waals surface area (Å²) >= 11 is 6.79. The zero-order valence-corrected chi connectivity index (χ0v) is 15.0. The fourth-order valence-electron chi connectivity index (χ4n) is 3.12. The van der Waals surface area contributed by atoms with Crippen molar-refractivity contribution in [1.82, 2.24) is 4.90 Å². The van der Waals surface area contributed by atoms with Crippen LogP contribution in [0.5, 0.6) is 0 Å². The molecule has 0 spiro atoms. The number of benzene rings is 1. The van der Waals surface area contributed by atoms with Gasteiger partial charge in [0.2, 0.25) is 0 Å². The van der Waals surface area contributed by atoms with Crippen LogP contribution in [0.4, 0.5) is 0 Å². The molecule has 0 saturated heterocycles. The maximum Gasteiger partial charge on any atom is 0.191 e. The summed E-state index contributed by atoms with van der Waals surface area (Å²) in [5, 5.41) is 9.09. The molecule has 0 saturated carbocycles. The first kappa shape index (κ1) is 16.1. The number of halogens is 2. The maximum absolute atomic E-state index is 12.9. The zero-order chi connectivity index (χ0) is 15.9. The minimum Gasteiger partial charge on any atom is -0.395 e. The van der Waals surface area contributed by atoms with Crippen LogP contribution in [0.25, 0.3) is 0 Å². The molecule has 4 nitrogen and oxygen atoms in total. The molecule has 0 aromatic heterocycles. The number of β-amino-alcohol motifs (C(OH)–C–C–N with tert-alkyl or cyclic N) is 1. The van der Waals surface area contributed by atoms with Crippen molar-refractivity contribution in [3.63, 3.8) is 0 Å². The first-order valence-corrected chi connectivity index (χ1v) is 8.75. The number of carbonyl (C=O) groups excluding carboxylic acids is 2. The van der Waals surface area contributed by atoms with Crippen LogP contribution in [0.3, 0.4) is 0 Å². The lowest BCUT2D eigenvalue weighted by atomic mass is 9.82. The van der Waals surface area contributed by atoms with Crippen molar-refractivity contribution < 1.29 is 14.7 Å². The van der Waals surface area contributed by atoms with Crippen molar-refractivity contribution >= 4 is 43.4 Å². The number of hydrogen-bond donors (Lipinski definition) is 1. The lowest BCUT2D eigenvalue weighted by Crippen LogP contribution is -2.28. The average molecular weight is 429 g/mol. The number of hydrogen-bond acceptors (Lipinski definition) is 4. The Balaban J connectivity index is 2.04. The van der Waals surface area contributed by atoms with E-state index in [4.69, 9.17) is 5.11 Å². The van der Waals surface area contributed by atoms with Crippen LogP contribution in [0, 0.1) is 0 Å². The Bertz CT molecular complexity index is 642. The van der Waals surface area contributed by atoms with Crippen LogP contribution in [0.2, 0.25) is 0 Å². The predicted molar refractivity (Wildman–Crippen MR) is 90.3 cm³/mol. The fraction of sp³-hybridized carbons (Fsp3) is 0.375. The first-order valence-electron chi connectivity index (χ1n) is 7.17. The summed E-state index contributed by atoms with van der Waals surface area (Å²) < 4.78 is 1.32. The molecule has 1 aromatic carbocycles. The van der Waals surface area contributed by atoms with E-state index in [0.29, 0.717) is 63.7 Å². The molecular formula is C16H15Br2NO3. The van der Waals surface area contributed by atoms with Gasteiger partial charge < -0.3 is 10.0 Å². The topological polar surface area (TPSA) is 57.6 Å². The zero-order valence-electron chi connectivity index (χ0n) is 11.9. The Labute approximate surface area is 145 Å². The van der Waals surface area contributed by atoms with Gasteiger partial charge in [0, 0.05) is 50.9 Å². The average Bonchev–Trinajstić information content (AvgIpc) is 2.71. The smallest absolute Gasteiger partial charge is 0.191 e. The third-order valence-corrected chi connectivity index (χ3v) is 5.56. The number of aliphatic hydroxyl groups excluding tert-OH is 1. The van der Waals surface area contributed by atoms with Crippen LogP contribution < -0.4 is 0 Å². The predicted octanol–water partition coefficient (Wildman–Crippen LogP) is 2.98. The minimum absolute atomic E-state index is 0.0522. The highest BCUT2D eigenvalue weighted by atomic mass is 79.9. The third kappa shape index (κ3) is 2.62. The molecule has 0 unspecified atom stereocenters. The highest BCUT2D eigenvalue weighted by molar-refractivity contribution is 9.11. The first-order chi connectivity index (χ1) is 10.5. The standard InChI is InChI=1S/C16H15Br2NO3/c17-11-1-2-12(18)14-13(11)15(21)9-3-5-19(7-8-20)6-4-10(9)16(14)22/h1-2,20H,3-8H2. The third-order valence-electron chi connectivity index (χ3n) is 4.24. The number of Topliss-reactive ketones (excluding diaryl/α,β-unsaturated/α-hetero) is 2. The second kappa shape index (κ2) is 6.35. The number of nitrogens with zero attached hydrogens (tertiary/aromatic N) is 1. The van der Waals surface area contributed by atoms with Gasteiger partial charge in [0.1, 0.15) is 0 Å². The summed E-state index contributed by atoms with van der Waals surface area (Å²) in [5.41, 5.74) is 2.20. The van der Waals surface area contributed by atoms with E-state index < -0.39 is 0 Å². The number of ketones is 2. The summed E-state index contributed by atoms with van der Waals surface area (Å²) in [5.74, 6) is -0.104. The van der Waals surface area contributed by atoms with Crippen LogP contribution in [0.15, 0.2) is 32.2 Å². The van der Waals surface area contributed by atoms with Crippen molar-refractivity contribution in [3.8, 4) is 0 Å². The van der Waals surface area contributed by atoms with E-state index in [1.807, 2.05) is 0 Å². The van der Waals surface area contributed by atoms with Crippen LogP contribution in [-0.4, -0.2) is 47.8 Å². The van der Waals surface area contributed by atoms with Crippen LogP contribution in [-0.2, 0) is 0 Å². The van der Waals surface area contributed by atoms with Gasteiger partial charge in [-0.2, -0.15) is 0 Å². The quantitative estimate of drug-likeness (QED) is 0.786. The van der Waals surface area contributed by atoms with Gasteiger partial charge in [-0.15, -0.1) is 0 Å². The molecule has 0 fully saturated rings. The monoisotopic (exact) mass is 427 g/mol. The molecule has 6 heteroatoms. The molecule has 1 aliphatic carbocycles. The minimum atomic E-state index is -0.0522. The van der Waals surface area contributed by atoms with Gasteiger partial charge in [-0.3, -0.25) is 9.59 Å². The highest BCUT2D eigenvalue weighted by Crippen LogP contribution is 2.38. The molecule has 22 heavy (non-hydrogen) atoms. The molecule has 0 atom stereocenters. The highest BCUT2D eigenvalue weighted by Gasteiger charge is 2.36. The van der Waals surface area contributed by atoms with Gasteiger partial charge >= 0.3 is 0 Å². The molecule has 0 amide bonds. The Morgan fingerprint density at radius 1 is 0.955 bits per heavy atom. The summed E-state index contributed by atoms with van der Waals surface area (Å²) in [6.45, 7) is 2.05. The maximum atomic E-state index is 12.9. The van der Waals surface area contributed by atoms with Gasteiger partial charge in [-0.1, -0.05) is 31.9 Å². The molecule has 1 aliphatic heterocycles. The molecule has 3 rings (SSSR count). The molecule has 1 heterocycles. The molecule has 116 valence electrons. The number of aliphatic hydroxyl groups is 1. The number of fused-ring (bicyclic) bond motifs is 1. The molecule has 0 bridgehead atoms. The summed E-state index contributed by atoms with van der Waals surface area (Å²) in [6, 6.07) is 3.57. The van der Waals surface area contributed by atoms with E-state index in [9.17, 15) is 9.59 Å². The van der Waals surface area contributed by atoms with Gasteiger partial charge in [0.15, 0.2) is 11.6 Å². The second-order valence-electron chi connectivity index (χ2n) is 5.46. The van der Waals surface area contributed by atoms with Gasteiger partial charge in [0.05, 0.1) is 6.61 Å². The normalized spacial score (nSPS) is 19.0. The number of rotatable bonds is 2. The lowest BCUT2D eigenvalue weighted by Gasteiger charge is -2.21. The van der Waals surface area contributed by atoms with E-state index in [1.165, 1.54) is 0 Å². The Morgan fingerprint density at radius 3 is 1.82 bits per heavy atom. The largest absolute Gasteiger partial charge is 0.395 e. The van der Waals surface area contributed by atoms with Crippen molar-refractivity contribution in [2.45, 2.75) is 12.8 Å². The molecular weight excluding hydrogens is 414 g/mol. The fourth-order valence-corrected chi connectivity index (χ4v) is 4.14. The summed E-state index contributed by atoms with van der Waals surface area (Å²) in [7, 11) is 0. The molecule has 1 N–H and O–H groups in total. The van der Waals surface area contributed by atoms with E-state index in [1.54, 1.807) is 12.1 Å². The van der Waals surface area contributed by atoms with Crippen molar-refractivity contribution in [1.29, 1.82) is 0 Å². The molecule has 2 aliphatic rings. The summed E-state index contributed by atoms with van der Waals surface area (Å²) in [6.07, 6.45) is 1.11. The number of carbonyl (C=O) groups is 2. The SMILES string of the molecule is O=C1C2=C(CCN(CCO)CC2)C(=O)c2c(Br)ccc(Br)c21. The van der Waals surface area contributed by atoms with E-state index in [-0.39, 0.29) is 18.2 Å². The van der Waals surface area contributed by atoms with E-state index in [0.717, 1.165) is 0 Å². The Kier molecular flexibility index (Phi) is 4.64. The van der Waals surface area contributed by atoms with Crippen molar-refractivity contribution in [2.24, 2.45) is 0 Å². The Hall–Kier alpha value is -0.820. The van der Waals surface area contributed by atoms with Gasteiger partial charge in [-0.05, 0) is 25.0 Å². The van der Waals surface area contributed by atoms with Crippen molar-refractivity contribution in [2.75, 3.05) is 26.2 Å². The van der Waals surface area contributed by atoms with Crippen molar-refractivity contribution in [3.05, 3.63) is 43.4 Å². The second-order valence-corrected chi connectivity index (χ2v) is 7.17. The molecule has 1 aromatic rings. The summed E-state index contributed by atoms with van der Waals surface area (Å²) in [4.78, 5) is 27.8. The lowest BCUT2D eigenvalue weighted by molar-refractivity contribution is 0.0969. The van der Waals surface area contributed by atoms with Crippen LogP contribution >= 0.6 is 31.9 Å². The Morgan fingerprint density at radius 2 is 1.41 bits per heavy atom. The van der Waals surface area contributed by atoms with Crippen LogP contribution in [0.1, 0.15) is 33.6 Å². The van der Waals surface area contributed by atoms with Gasteiger partial charge in [0.25, 0.3) is 0 Å². The van der Waals surface area contributed by atoms with Gasteiger partial charge in [-0.25, -0.2) is 0 Å². The van der Waals surface area contributed by atoms with E-state index >= 15 is 0 Å².